The number of ether oxygens (including phenoxy) is 1. The van der Waals surface area contributed by atoms with E-state index in [0.29, 0.717) is 62.3 Å². The first-order valence-electron chi connectivity index (χ1n) is 19.6. The lowest BCUT2D eigenvalue weighted by Gasteiger charge is -2.48. The van der Waals surface area contributed by atoms with Crippen molar-refractivity contribution >= 4 is 46.3 Å². The highest BCUT2D eigenvalue weighted by molar-refractivity contribution is 6.09. The summed E-state index contributed by atoms with van der Waals surface area (Å²) in [6, 6.07) is 15.3. The third kappa shape index (κ3) is 5.87. The molecule has 3 amide bonds. The minimum atomic E-state index is -0.784. The molecule has 2 aromatic heterocycles. The number of piperidine rings is 2. The molecule has 0 unspecified atom stereocenters. The van der Waals surface area contributed by atoms with Crippen LogP contribution in [0.2, 0.25) is 0 Å². The number of imidazole rings is 1. The normalized spacial score (nSPS) is 22.4. The standard InChI is InChI=1S/C41H47FN8O4/c1-26(2)49-25-43-34-24-33(45-37(36(34)49)44-32-10-5-4-9-31(32)42)27-11-12-30-35(21-27)50(29-22-28(23-29)46-15-6-3-7-16-46)38(51)41(30)13-19-48(20-14-41)40(53)54-39(52)47-17-8-18-47/h4-5,9-12,21,24-26,28-29H,3,6-8,13-20,22-23H2,1-2H3,(H,44,45). The van der Waals surface area contributed by atoms with Gasteiger partial charge in [0.05, 0.1) is 28.6 Å². The van der Waals surface area contributed by atoms with Gasteiger partial charge in [0, 0.05) is 55.6 Å². The first-order valence-corrected chi connectivity index (χ1v) is 19.6. The maximum atomic E-state index is 14.9. The predicted molar refractivity (Wildman–Crippen MR) is 203 cm³/mol. The van der Waals surface area contributed by atoms with Crippen molar-refractivity contribution in [1.29, 1.82) is 0 Å². The maximum Gasteiger partial charge on any atom is 0.418 e. The summed E-state index contributed by atoms with van der Waals surface area (Å²) >= 11 is 0. The van der Waals surface area contributed by atoms with E-state index in [4.69, 9.17) is 14.7 Å². The van der Waals surface area contributed by atoms with E-state index in [1.807, 2.05) is 21.6 Å². The summed E-state index contributed by atoms with van der Waals surface area (Å²) in [7, 11) is 0. The van der Waals surface area contributed by atoms with E-state index in [0.717, 1.165) is 60.2 Å². The van der Waals surface area contributed by atoms with Gasteiger partial charge in [0.15, 0.2) is 5.82 Å². The lowest BCUT2D eigenvalue weighted by atomic mass is 9.73. The Labute approximate surface area is 314 Å². The number of nitrogens with one attached hydrogen (secondary N) is 1. The molecule has 12 nitrogen and oxygen atoms in total. The number of halogens is 1. The molecular formula is C41H47FN8O4. The number of amides is 3. The van der Waals surface area contributed by atoms with Gasteiger partial charge in [0.2, 0.25) is 5.91 Å². The maximum absolute atomic E-state index is 14.9. The summed E-state index contributed by atoms with van der Waals surface area (Å²) in [4.78, 5) is 57.8. The lowest BCUT2D eigenvalue weighted by molar-refractivity contribution is -0.126. The molecule has 5 aliphatic rings. The predicted octanol–water partition coefficient (Wildman–Crippen LogP) is 7.22. The van der Waals surface area contributed by atoms with Gasteiger partial charge in [-0.2, -0.15) is 0 Å². The Kier molecular flexibility index (Phi) is 8.79. The number of para-hydroxylation sites is 1. The molecule has 1 spiro atoms. The van der Waals surface area contributed by atoms with Crippen LogP contribution in [0.25, 0.3) is 22.3 Å². The van der Waals surface area contributed by atoms with Crippen molar-refractivity contribution in [3.8, 4) is 11.3 Å². The molecule has 0 atom stereocenters. The Hall–Kier alpha value is -5.04. The van der Waals surface area contributed by atoms with Gasteiger partial charge in [-0.3, -0.25) is 4.79 Å². The molecule has 282 valence electrons. The number of rotatable bonds is 6. The Morgan fingerprint density at radius 1 is 0.889 bits per heavy atom. The fourth-order valence-electron chi connectivity index (χ4n) is 9.10. The van der Waals surface area contributed by atoms with Gasteiger partial charge in [0.25, 0.3) is 0 Å². The molecular weight excluding hydrogens is 688 g/mol. The summed E-state index contributed by atoms with van der Waals surface area (Å²) in [5.74, 6) is 0.206. The summed E-state index contributed by atoms with van der Waals surface area (Å²) in [6.07, 6.45) is 7.92. The Balaban J connectivity index is 1.06. The van der Waals surface area contributed by atoms with E-state index < -0.39 is 17.6 Å². The van der Waals surface area contributed by atoms with Gasteiger partial charge in [-0.15, -0.1) is 0 Å². The zero-order valence-corrected chi connectivity index (χ0v) is 31.0. The number of benzene rings is 2. The molecule has 2 aromatic carbocycles. The number of pyridine rings is 1. The summed E-state index contributed by atoms with van der Waals surface area (Å²) in [5, 5.41) is 3.25. The minimum Gasteiger partial charge on any atom is -0.359 e. The highest BCUT2D eigenvalue weighted by Crippen LogP contribution is 2.52. The number of hydrogen-bond acceptors (Lipinski definition) is 8. The van der Waals surface area contributed by atoms with Crippen molar-refractivity contribution in [2.45, 2.75) is 88.8 Å². The van der Waals surface area contributed by atoms with Crippen molar-refractivity contribution in [2.75, 3.05) is 49.5 Å². The first-order chi connectivity index (χ1) is 26.2. The molecule has 1 saturated carbocycles. The quantitative estimate of drug-likeness (QED) is 0.207. The molecule has 4 fully saturated rings. The molecule has 1 aliphatic carbocycles. The Bertz CT molecular complexity index is 2110. The van der Waals surface area contributed by atoms with Gasteiger partial charge < -0.3 is 34.2 Å². The summed E-state index contributed by atoms with van der Waals surface area (Å²) in [5.41, 5.74) is 4.40. The number of nitrogens with zero attached hydrogens (tertiary/aromatic N) is 7. The summed E-state index contributed by atoms with van der Waals surface area (Å²) < 4.78 is 22.1. The third-order valence-corrected chi connectivity index (χ3v) is 12.5. The molecule has 13 heteroatoms. The fraction of sp³-hybridized carbons (Fsp3) is 0.488. The first kappa shape index (κ1) is 34.7. The Morgan fingerprint density at radius 3 is 2.30 bits per heavy atom. The molecule has 54 heavy (non-hydrogen) atoms. The molecule has 9 rings (SSSR count). The largest absolute Gasteiger partial charge is 0.418 e. The van der Waals surface area contributed by atoms with Crippen LogP contribution in [0.1, 0.15) is 76.8 Å². The zero-order valence-electron chi connectivity index (χ0n) is 31.0. The molecule has 4 aromatic rings. The molecule has 4 aliphatic heterocycles. The minimum absolute atomic E-state index is 0.0745. The average Bonchev–Trinajstić information content (AvgIpc) is 3.66. The number of carbonyl (C=O) groups excluding carboxylic acids is 3. The van der Waals surface area contributed by atoms with Crippen molar-refractivity contribution in [3.63, 3.8) is 0 Å². The third-order valence-electron chi connectivity index (χ3n) is 12.5. The van der Waals surface area contributed by atoms with Crippen LogP contribution in [0.5, 0.6) is 0 Å². The van der Waals surface area contributed by atoms with Gasteiger partial charge in [-0.1, -0.05) is 30.7 Å². The lowest BCUT2D eigenvalue weighted by Crippen LogP contribution is -2.58. The van der Waals surface area contributed by atoms with E-state index in [2.05, 4.69) is 36.2 Å². The zero-order chi connectivity index (χ0) is 37.1. The average molecular weight is 735 g/mol. The van der Waals surface area contributed by atoms with Crippen LogP contribution in [-0.4, -0.2) is 98.7 Å². The second-order valence-corrected chi connectivity index (χ2v) is 15.9. The number of likely N-dealkylation sites (tertiary alicyclic amines) is 3. The van der Waals surface area contributed by atoms with E-state index >= 15 is 0 Å². The second kappa shape index (κ2) is 13.7. The summed E-state index contributed by atoms with van der Waals surface area (Å²) in [6.45, 7) is 8.21. The van der Waals surface area contributed by atoms with Crippen LogP contribution in [0, 0.1) is 5.82 Å². The van der Waals surface area contributed by atoms with Gasteiger partial charge in [-0.25, -0.2) is 23.9 Å². The smallest absolute Gasteiger partial charge is 0.359 e. The van der Waals surface area contributed by atoms with E-state index in [1.54, 1.807) is 29.4 Å². The van der Waals surface area contributed by atoms with Gasteiger partial charge in [0.1, 0.15) is 11.3 Å². The number of anilines is 3. The van der Waals surface area contributed by atoms with E-state index in [1.165, 1.54) is 30.2 Å². The number of carbonyl (C=O) groups is 3. The van der Waals surface area contributed by atoms with Crippen molar-refractivity contribution in [1.82, 2.24) is 29.2 Å². The van der Waals surface area contributed by atoms with Crippen LogP contribution in [0.3, 0.4) is 0 Å². The van der Waals surface area contributed by atoms with Gasteiger partial charge >= 0.3 is 12.2 Å². The SMILES string of the molecule is CC(C)n1cnc2cc(-c3ccc4c(c3)N(C3CC(N5CCCCC5)C3)C(=O)C43CCN(C(=O)OC(=O)N4CCC4)CC3)nc(Nc3ccccc3F)c21. The van der Waals surface area contributed by atoms with Crippen molar-refractivity contribution < 1.29 is 23.5 Å². The van der Waals surface area contributed by atoms with Crippen molar-refractivity contribution in [3.05, 3.63) is 66.2 Å². The monoisotopic (exact) mass is 734 g/mol. The molecule has 0 bridgehead atoms. The molecule has 0 radical (unpaired) electrons. The topological polar surface area (TPSA) is 116 Å². The van der Waals surface area contributed by atoms with Crippen LogP contribution in [0.15, 0.2) is 54.9 Å². The molecule has 3 saturated heterocycles. The second-order valence-electron chi connectivity index (χ2n) is 15.9. The highest BCUT2D eigenvalue weighted by atomic mass is 19.1. The Morgan fingerprint density at radius 2 is 1.61 bits per heavy atom. The number of aromatic nitrogens is 3. The fourth-order valence-corrected chi connectivity index (χ4v) is 9.10. The van der Waals surface area contributed by atoms with E-state index in [9.17, 15) is 18.8 Å². The molecule has 1 N–H and O–H groups in total. The highest BCUT2D eigenvalue weighted by Gasteiger charge is 2.56. The van der Waals surface area contributed by atoms with Crippen molar-refractivity contribution in [2.24, 2.45) is 0 Å². The van der Waals surface area contributed by atoms with Crippen LogP contribution >= 0.6 is 0 Å². The van der Waals surface area contributed by atoms with Gasteiger partial charge in [-0.05, 0) is 102 Å². The van der Waals surface area contributed by atoms with E-state index in [-0.39, 0.29) is 23.8 Å². The number of fused-ring (bicyclic) bond motifs is 3. The van der Waals surface area contributed by atoms with Crippen LogP contribution in [0.4, 0.5) is 31.2 Å². The van der Waals surface area contributed by atoms with Crippen LogP contribution < -0.4 is 10.2 Å². The van der Waals surface area contributed by atoms with Crippen LogP contribution in [-0.2, 0) is 14.9 Å². The number of hydrogen-bond donors (Lipinski definition) is 1. The molecule has 6 heterocycles.